The molecule has 1 fully saturated rings. The highest BCUT2D eigenvalue weighted by Gasteiger charge is 2.24. The van der Waals surface area contributed by atoms with Crippen molar-refractivity contribution in [3.8, 4) is 0 Å². The number of urea groups is 1. The predicted octanol–water partition coefficient (Wildman–Crippen LogP) is 2.51. The Kier molecular flexibility index (Phi) is 5.35. The number of hydrogen-bond acceptors (Lipinski definition) is 2. The van der Waals surface area contributed by atoms with Gasteiger partial charge in [0.2, 0.25) is 5.91 Å². The van der Waals surface area contributed by atoms with Crippen molar-refractivity contribution < 1.29 is 14.0 Å². The van der Waals surface area contributed by atoms with E-state index < -0.39 is 0 Å². The van der Waals surface area contributed by atoms with Gasteiger partial charge in [0.1, 0.15) is 5.82 Å². The van der Waals surface area contributed by atoms with Gasteiger partial charge in [0, 0.05) is 25.2 Å². The molecule has 1 aliphatic rings. The molecular weight excluding hydrogens is 285 g/mol. The van der Waals surface area contributed by atoms with E-state index in [0.717, 1.165) is 12.8 Å². The average molecular weight is 307 g/mol. The van der Waals surface area contributed by atoms with E-state index in [0.29, 0.717) is 37.2 Å². The number of halogens is 1. The highest BCUT2D eigenvalue weighted by atomic mass is 19.1. The second-order valence-electron chi connectivity index (χ2n) is 5.71. The number of aryl methyl sites for hydroxylation is 1. The number of nitrogens with two attached hydrogens (primary N) is 1. The molecule has 1 aromatic carbocycles. The zero-order valence-electron chi connectivity index (χ0n) is 12.8. The van der Waals surface area contributed by atoms with Crippen LogP contribution in [0.3, 0.4) is 0 Å². The number of carbonyl (C=O) groups excluding carboxylic acids is 2. The Morgan fingerprint density at radius 2 is 2.23 bits per heavy atom. The van der Waals surface area contributed by atoms with E-state index in [9.17, 15) is 14.0 Å². The first kappa shape index (κ1) is 16.3. The van der Waals surface area contributed by atoms with E-state index in [1.165, 1.54) is 6.07 Å². The summed E-state index contributed by atoms with van der Waals surface area (Å²) < 4.78 is 13.7. The fourth-order valence-corrected chi connectivity index (χ4v) is 2.81. The molecule has 1 aromatic rings. The lowest BCUT2D eigenvalue weighted by atomic mass is 9.95. The van der Waals surface area contributed by atoms with Crippen molar-refractivity contribution in [3.05, 3.63) is 29.6 Å². The topological polar surface area (TPSA) is 75.4 Å². The van der Waals surface area contributed by atoms with Gasteiger partial charge in [-0.25, -0.2) is 9.18 Å². The van der Waals surface area contributed by atoms with E-state index in [4.69, 9.17) is 5.73 Å². The van der Waals surface area contributed by atoms with Gasteiger partial charge in [0.05, 0.1) is 0 Å². The van der Waals surface area contributed by atoms with Gasteiger partial charge in [0.15, 0.2) is 0 Å². The van der Waals surface area contributed by atoms with Gasteiger partial charge < -0.3 is 16.0 Å². The first-order chi connectivity index (χ1) is 10.5. The molecule has 0 aromatic heterocycles. The van der Waals surface area contributed by atoms with E-state index in [1.54, 1.807) is 17.0 Å². The third-order valence-corrected chi connectivity index (χ3v) is 3.98. The van der Waals surface area contributed by atoms with E-state index >= 15 is 0 Å². The Bertz CT molecular complexity index is 562. The summed E-state index contributed by atoms with van der Waals surface area (Å²) in [5.41, 5.74) is 6.28. The standard InChI is InChI=1S/C16H22FN3O2/c1-2-12-5-6-13(9-14(12)17)19-16(22)20-7-3-4-11(10-20)8-15(18)21/h5-6,9,11H,2-4,7-8,10H2,1H3,(H2,18,21)(H,19,22)/t11-/m1/s1. The molecule has 0 radical (unpaired) electrons. The van der Waals surface area contributed by atoms with Crippen LogP contribution in [0.5, 0.6) is 0 Å². The molecule has 3 amide bonds. The molecule has 2 rings (SSSR count). The summed E-state index contributed by atoms with van der Waals surface area (Å²) in [7, 11) is 0. The Labute approximate surface area is 129 Å². The third kappa shape index (κ3) is 4.19. The molecule has 0 bridgehead atoms. The minimum atomic E-state index is -0.343. The van der Waals surface area contributed by atoms with Crippen molar-refractivity contribution in [3.63, 3.8) is 0 Å². The molecule has 22 heavy (non-hydrogen) atoms. The molecule has 0 saturated carbocycles. The van der Waals surface area contributed by atoms with Gasteiger partial charge in [-0.2, -0.15) is 0 Å². The number of anilines is 1. The van der Waals surface area contributed by atoms with E-state index in [-0.39, 0.29) is 23.7 Å². The smallest absolute Gasteiger partial charge is 0.321 e. The molecule has 120 valence electrons. The lowest BCUT2D eigenvalue weighted by Crippen LogP contribution is -2.43. The number of hydrogen-bond donors (Lipinski definition) is 2. The van der Waals surface area contributed by atoms with Gasteiger partial charge in [-0.3, -0.25) is 4.79 Å². The van der Waals surface area contributed by atoms with Crippen molar-refractivity contribution >= 4 is 17.6 Å². The molecular formula is C16H22FN3O2. The number of nitrogens with zero attached hydrogens (tertiary/aromatic N) is 1. The molecule has 1 saturated heterocycles. The summed E-state index contributed by atoms with van der Waals surface area (Å²) in [5, 5.41) is 2.71. The number of primary amides is 1. The monoisotopic (exact) mass is 307 g/mol. The van der Waals surface area contributed by atoms with Crippen molar-refractivity contribution in [2.75, 3.05) is 18.4 Å². The number of piperidine rings is 1. The Morgan fingerprint density at radius 3 is 2.86 bits per heavy atom. The van der Waals surface area contributed by atoms with Crippen LogP contribution >= 0.6 is 0 Å². The minimum absolute atomic E-state index is 0.108. The molecule has 6 heteroatoms. The molecule has 1 atom stereocenters. The van der Waals surface area contributed by atoms with Crippen molar-refractivity contribution in [1.82, 2.24) is 4.90 Å². The summed E-state index contributed by atoms with van der Waals surface area (Å²) in [6.07, 6.45) is 2.64. The van der Waals surface area contributed by atoms with Crippen LogP contribution in [-0.2, 0) is 11.2 Å². The van der Waals surface area contributed by atoms with Gasteiger partial charge in [-0.15, -0.1) is 0 Å². The molecule has 0 spiro atoms. The largest absolute Gasteiger partial charge is 0.370 e. The molecule has 1 heterocycles. The van der Waals surface area contributed by atoms with Crippen LogP contribution < -0.4 is 11.1 Å². The van der Waals surface area contributed by atoms with Crippen LogP contribution in [0, 0.1) is 11.7 Å². The molecule has 0 aliphatic carbocycles. The Morgan fingerprint density at radius 1 is 1.45 bits per heavy atom. The first-order valence-electron chi connectivity index (χ1n) is 7.62. The third-order valence-electron chi connectivity index (χ3n) is 3.98. The maximum absolute atomic E-state index is 13.7. The molecule has 5 nitrogen and oxygen atoms in total. The lowest BCUT2D eigenvalue weighted by molar-refractivity contribution is -0.119. The maximum Gasteiger partial charge on any atom is 0.321 e. The van der Waals surface area contributed by atoms with Crippen LogP contribution in [0.1, 0.15) is 31.7 Å². The average Bonchev–Trinajstić information content (AvgIpc) is 2.47. The van der Waals surface area contributed by atoms with Crippen LogP contribution in [-0.4, -0.2) is 29.9 Å². The van der Waals surface area contributed by atoms with Gasteiger partial charge in [-0.05, 0) is 42.9 Å². The normalized spacial score (nSPS) is 18.1. The van der Waals surface area contributed by atoms with E-state index in [1.807, 2.05) is 6.92 Å². The predicted molar refractivity (Wildman–Crippen MR) is 82.9 cm³/mol. The Hall–Kier alpha value is -2.11. The second kappa shape index (κ2) is 7.24. The number of likely N-dealkylation sites (tertiary alicyclic amines) is 1. The Balaban J connectivity index is 1.96. The van der Waals surface area contributed by atoms with Crippen LogP contribution in [0.2, 0.25) is 0 Å². The number of rotatable bonds is 4. The zero-order valence-corrected chi connectivity index (χ0v) is 12.8. The van der Waals surface area contributed by atoms with Gasteiger partial charge in [-0.1, -0.05) is 13.0 Å². The fourth-order valence-electron chi connectivity index (χ4n) is 2.81. The summed E-state index contributed by atoms with van der Waals surface area (Å²) in [6.45, 7) is 3.02. The van der Waals surface area contributed by atoms with Crippen molar-refractivity contribution in [1.29, 1.82) is 0 Å². The zero-order chi connectivity index (χ0) is 16.1. The van der Waals surface area contributed by atoms with E-state index in [2.05, 4.69) is 5.32 Å². The quantitative estimate of drug-likeness (QED) is 0.896. The van der Waals surface area contributed by atoms with Crippen molar-refractivity contribution in [2.45, 2.75) is 32.6 Å². The van der Waals surface area contributed by atoms with Crippen LogP contribution in [0.4, 0.5) is 14.9 Å². The lowest BCUT2D eigenvalue weighted by Gasteiger charge is -2.32. The molecule has 1 aliphatic heterocycles. The SMILES string of the molecule is CCc1ccc(NC(=O)N2CCC[C@H](CC(N)=O)C2)cc1F. The first-order valence-corrected chi connectivity index (χ1v) is 7.62. The fraction of sp³-hybridized carbons (Fsp3) is 0.500. The summed E-state index contributed by atoms with van der Waals surface area (Å²) in [6, 6.07) is 4.45. The second-order valence-corrected chi connectivity index (χ2v) is 5.71. The van der Waals surface area contributed by atoms with Crippen LogP contribution in [0.25, 0.3) is 0 Å². The highest BCUT2D eigenvalue weighted by Crippen LogP contribution is 2.21. The number of nitrogens with one attached hydrogen (secondary N) is 1. The molecule has 0 unspecified atom stereocenters. The summed E-state index contributed by atoms with van der Waals surface area (Å²) >= 11 is 0. The maximum atomic E-state index is 13.7. The van der Waals surface area contributed by atoms with Crippen molar-refractivity contribution in [2.24, 2.45) is 11.7 Å². The summed E-state index contributed by atoms with van der Waals surface area (Å²) in [4.78, 5) is 24.9. The highest BCUT2D eigenvalue weighted by molar-refractivity contribution is 5.89. The number of carbonyl (C=O) groups is 2. The minimum Gasteiger partial charge on any atom is -0.370 e. The van der Waals surface area contributed by atoms with Gasteiger partial charge >= 0.3 is 6.03 Å². The molecule has 3 N–H and O–H groups in total. The van der Waals surface area contributed by atoms with Crippen LogP contribution in [0.15, 0.2) is 18.2 Å². The van der Waals surface area contributed by atoms with Gasteiger partial charge in [0.25, 0.3) is 0 Å². The number of benzene rings is 1. The summed E-state index contributed by atoms with van der Waals surface area (Å²) in [5.74, 6) is -0.550. The number of amides is 3.